The molecule has 0 aromatic carbocycles. The van der Waals surface area contributed by atoms with Crippen molar-refractivity contribution in [2.24, 2.45) is 13.0 Å². The minimum atomic E-state index is -0.662. The third-order valence-electron chi connectivity index (χ3n) is 11.3. The maximum Gasteiger partial charge on any atom is 0.256 e. The Hall–Kier alpha value is -4.81. The Labute approximate surface area is 334 Å². The van der Waals surface area contributed by atoms with Gasteiger partial charge in [-0.2, -0.15) is 5.10 Å². The van der Waals surface area contributed by atoms with Crippen LogP contribution in [0.3, 0.4) is 0 Å². The van der Waals surface area contributed by atoms with Gasteiger partial charge in [-0.05, 0) is 82.2 Å². The number of fused-ring (bicyclic) bond motifs is 1. The van der Waals surface area contributed by atoms with E-state index in [1.54, 1.807) is 11.6 Å². The van der Waals surface area contributed by atoms with Gasteiger partial charge in [0.15, 0.2) is 5.82 Å². The molecule has 6 N–H and O–H groups in total. The van der Waals surface area contributed by atoms with Crippen molar-refractivity contribution in [2.75, 3.05) is 31.5 Å². The molecule has 306 valence electrons. The minimum Gasteiger partial charge on any atom is -0.355 e. The number of piperidine rings is 1. The van der Waals surface area contributed by atoms with Crippen molar-refractivity contribution in [3.63, 3.8) is 0 Å². The normalized spacial score (nSPS) is 20.7. The van der Waals surface area contributed by atoms with Crippen molar-refractivity contribution in [2.45, 2.75) is 108 Å². The van der Waals surface area contributed by atoms with Crippen LogP contribution in [-0.4, -0.2) is 98.5 Å². The molecule has 5 amide bonds. The molecule has 3 fully saturated rings. The van der Waals surface area contributed by atoms with Gasteiger partial charge in [0.2, 0.25) is 29.6 Å². The van der Waals surface area contributed by atoms with Crippen molar-refractivity contribution in [3.05, 3.63) is 45.3 Å². The Bertz CT molecular complexity index is 1960. The van der Waals surface area contributed by atoms with Gasteiger partial charge in [-0.1, -0.05) is 6.42 Å². The van der Waals surface area contributed by atoms with E-state index < -0.39 is 17.8 Å². The number of unbranched alkanes of at least 4 members (excludes halogenated alkanes) is 2. The highest BCUT2D eigenvalue weighted by atomic mass is 32.1. The third kappa shape index (κ3) is 10.4. The van der Waals surface area contributed by atoms with Crippen LogP contribution in [0.2, 0.25) is 0 Å². The zero-order valence-electron chi connectivity index (χ0n) is 32.3. The summed E-state index contributed by atoms with van der Waals surface area (Å²) in [5, 5.41) is 24.3. The number of aromatic nitrogens is 4. The Balaban J connectivity index is 0.710. The van der Waals surface area contributed by atoms with E-state index in [9.17, 15) is 28.4 Å². The van der Waals surface area contributed by atoms with Gasteiger partial charge in [0.05, 0.1) is 37.6 Å². The van der Waals surface area contributed by atoms with Crippen LogP contribution < -0.4 is 31.9 Å². The Morgan fingerprint density at radius 1 is 0.930 bits per heavy atom. The second-order valence-corrected chi connectivity index (χ2v) is 16.5. The van der Waals surface area contributed by atoms with Crippen LogP contribution in [0.15, 0.2) is 17.8 Å². The number of nitrogens with one attached hydrogen (secondary N) is 6. The highest BCUT2D eigenvalue weighted by Gasteiger charge is 2.40. The molecule has 4 aliphatic rings. The summed E-state index contributed by atoms with van der Waals surface area (Å²) >= 11 is 1.41. The summed E-state index contributed by atoms with van der Waals surface area (Å²) in [4.78, 5) is 72.8. The van der Waals surface area contributed by atoms with Crippen molar-refractivity contribution >= 4 is 46.8 Å². The van der Waals surface area contributed by atoms with Gasteiger partial charge in [0, 0.05) is 60.2 Å². The fourth-order valence-electron chi connectivity index (χ4n) is 7.82. The molecule has 0 bridgehead atoms. The van der Waals surface area contributed by atoms with Crippen molar-refractivity contribution < 1.29 is 28.4 Å². The fraction of sp³-hybridized carbons (Fsp3) is 0.590. The van der Waals surface area contributed by atoms with E-state index in [0.29, 0.717) is 43.5 Å². The molecule has 2 saturated carbocycles. The molecule has 0 spiro atoms. The van der Waals surface area contributed by atoms with Crippen LogP contribution in [0.1, 0.15) is 97.1 Å². The first-order valence-electron chi connectivity index (χ1n) is 20.1. The molecule has 57 heavy (non-hydrogen) atoms. The number of carbonyl (C=O) groups excluding carboxylic acids is 5. The van der Waals surface area contributed by atoms with E-state index in [1.807, 2.05) is 11.7 Å². The number of aryl methyl sites for hydroxylation is 1. The van der Waals surface area contributed by atoms with Gasteiger partial charge in [-0.3, -0.25) is 34.0 Å². The summed E-state index contributed by atoms with van der Waals surface area (Å²) < 4.78 is 16.7. The lowest BCUT2D eigenvalue weighted by Crippen LogP contribution is -2.52. The molecule has 1 atom stereocenters. The summed E-state index contributed by atoms with van der Waals surface area (Å²) in [7, 11) is 1.89. The molecule has 1 saturated heterocycles. The van der Waals surface area contributed by atoms with Crippen molar-refractivity contribution in [3.8, 4) is 11.3 Å². The van der Waals surface area contributed by atoms with Crippen LogP contribution in [0.5, 0.6) is 0 Å². The number of hydrogen-bond donors (Lipinski definition) is 6. The smallest absolute Gasteiger partial charge is 0.256 e. The maximum atomic E-state index is 14.8. The number of hydrogen-bond acceptors (Lipinski definition) is 12. The van der Waals surface area contributed by atoms with Gasteiger partial charge < -0.3 is 31.5 Å². The molecule has 5 heterocycles. The number of halogens is 1. The number of thiophene rings is 1. The molecule has 1 unspecified atom stereocenters. The number of anilines is 1. The number of carbonyl (C=O) groups is 5. The number of rotatable bonds is 19. The predicted molar refractivity (Wildman–Crippen MR) is 210 cm³/mol. The Morgan fingerprint density at radius 2 is 1.70 bits per heavy atom. The fourth-order valence-corrected chi connectivity index (χ4v) is 8.80. The second kappa shape index (κ2) is 18.6. The standard InChI is InChI=1S/C39H52FN11O5S/c1-50-31(15-23-5-6-23)26(16-46-50)36-29(40)17-45-39(49-36)47-25-9-7-24(8-10-25)43-20-35(54)42-14-4-2-3-13-41-19-34(53)44-18-32-27-21-51(38(56)28(27)22-57-32)30-11-12-33(52)48-37(30)55/h16-17,22-25,30,41,43H,2-15,18-21H2,1H3,(H,42,54)(H,44,53)(H,45,47,49)(H,48,52,55)/t24-,25-,30?. The predicted octanol–water partition coefficient (Wildman–Crippen LogP) is 2.30. The molecule has 16 nitrogen and oxygen atoms in total. The summed E-state index contributed by atoms with van der Waals surface area (Å²) in [5.41, 5.74) is 3.41. The minimum absolute atomic E-state index is 0.0295. The average molecular weight is 806 g/mol. The second-order valence-electron chi connectivity index (χ2n) is 15.6. The first kappa shape index (κ1) is 40.4. The van der Waals surface area contributed by atoms with Gasteiger partial charge >= 0.3 is 0 Å². The van der Waals surface area contributed by atoms with Gasteiger partial charge in [-0.15, -0.1) is 11.3 Å². The Morgan fingerprint density at radius 3 is 2.49 bits per heavy atom. The summed E-state index contributed by atoms with van der Waals surface area (Å²) in [5.74, 6) is -0.559. The molecule has 18 heteroatoms. The summed E-state index contributed by atoms with van der Waals surface area (Å²) in [6.45, 7) is 2.28. The van der Waals surface area contributed by atoms with Gasteiger partial charge in [0.25, 0.3) is 5.91 Å². The first-order chi connectivity index (χ1) is 27.6. The van der Waals surface area contributed by atoms with Gasteiger partial charge in [0.1, 0.15) is 11.7 Å². The lowest BCUT2D eigenvalue weighted by atomic mass is 9.91. The monoisotopic (exact) mass is 805 g/mol. The highest BCUT2D eigenvalue weighted by molar-refractivity contribution is 7.10. The van der Waals surface area contributed by atoms with E-state index in [-0.39, 0.29) is 67.5 Å². The zero-order valence-corrected chi connectivity index (χ0v) is 33.1. The topological polar surface area (TPSA) is 204 Å². The van der Waals surface area contributed by atoms with Crippen LogP contribution in [-0.2, 0) is 45.7 Å². The van der Waals surface area contributed by atoms with E-state index in [0.717, 1.165) is 73.1 Å². The Kier molecular flexibility index (Phi) is 13.2. The lowest BCUT2D eigenvalue weighted by molar-refractivity contribution is -0.137. The van der Waals surface area contributed by atoms with Crippen molar-refractivity contribution in [1.82, 2.24) is 51.2 Å². The van der Waals surface area contributed by atoms with E-state index in [2.05, 4.69) is 47.0 Å². The third-order valence-corrected chi connectivity index (χ3v) is 12.4. The number of imide groups is 1. The van der Waals surface area contributed by atoms with Crippen LogP contribution in [0.4, 0.5) is 10.3 Å². The lowest BCUT2D eigenvalue weighted by Gasteiger charge is -2.29. The zero-order chi connectivity index (χ0) is 39.9. The molecular weight excluding hydrogens is 754 g/mol. The van der Waals surface area contributed by atoms with E-state index in [4.69, 9.17) is 0 Å². The summed E-state index contributed by atoms with van der Waals surface area (Å²) in [6.07, 6.45) is 12.9. The average Bonchev–Trinajstić information content (AvgIpc) is 3.70. The molecule has 3 aromatic rings. The quantitative estimate of drug-likeness (QED) is 0.0767. The van der Waals surface area contributed by atoms with Crippen molar-refractivity contribution in [1.29, 1.82) is 0 Å². The summed E-state index contributed by atoms with van der Waals surface area (Å²) in [6, 6.07) is -0.252. The van der Waals surface area contributed by atoms with Gasteiger partial charge in [-0.25, -0.2) is 14.4 Å². The molecular formula is C39H52FN11O5S. The van der Waals surface area contributed by atoms with Crippen LogP contribution in [0, 0.1) is 11.7 Å². The first-order valence-corrected chi connectivity index (χ1v) is 21.0. The molecule has 2 aliphatic carbocycles. The molecule has 7 rings (SSSR count). The number of nitrogens with zero attached hydrogens (tertiary/aromatic N) is 5. The van der Waals surface area contributed by atoms with Crippen LogP contribution in [0.25, 0.3) is 11.3 Å². The van der Waals surface area contributed by atoms with E-state index >= 15 is 0 Å². The largest absolute Gasteiger partial charge is 0.355 e. The number of amides is 5. The van der Waals surface area contributed by atoms with Crippen LogP contribution >= 0.6 is 11.3 Å². The maximum absolute atomic E-state index is 14.8. The molecule has 3 aromatic heterocycles. The molecule has 0 radical (unpaired) electrons. The molecule has 2 aliphatic heterocycles. The van der Waals surface area contributed by atoms with E-state index in [1.165, 1.54) is 35.3 Å². The highest BCUT2D eigenvalue weighted by Crippen LogP contribution is 2.36. The SMILES string of the molecule is Cn1ncc(-c2nc(N[C@H]3CC[C@H](NCC(=O)NCCCCCNCC(=O)NCc4scc5c4CN(C4CCC(=O)NC4=O)C5=O)CC3)ncc2F)c1CC1CC1.